The molecule has 0 saturated carbocycles. The second-order valence-corrected chi connectivity index (χ2v) is 11.2. The average molecular weight is 568 g/mol. The first kappa shape index (κ1) is 30.5. The molecule has 1 aromatic rings. The van der Waals surface area contributed by atoms with Crippen LogP contribution in [-0.2, 0) is 28.7 Å². The van der Waals surface area contributed by atoms with Gasteiger partial charge in [0.15, 0.2) is 0 Å². The van der Waals surface area contributed by atoms with Gasteiger partial charge in [-0.05, 0) is 38.7 Å². The van der Waals surface area contributed by atoms with Crippen LogP contribution >= 0.6 is 0 Å². The lowest BCUT2D eigenvalue weighted by molar-refractivity contribution is -0.149. The van der Waals surface area contributed by atoms with E-state index < -0.39 is 47.5 Å². The molecule has 1 spiro atoms. The van der Waals surface area contributed by atoms with Gasteiger partial charge in [-0.2, -0.15) is 0 Å². The van der Waals surface area contributed by atoms with Crippen molar-refractivity contribution in [2.24, 2.45) is 11.8 Å². The second-order valence-electron chi connectivity index (χ2n) is 11.2. The van der Waals surface area contributed by atoms with E-state index >= 15 is 0 Å². The number of carbonyl (C=O) groups excluding carboxylic acids is 4. The van der Waals surface area contributed by atoms with Gasteiger partial charge in [0.25, 0.3) is 0 Å². The Morgan fingerprint density at radius 2 is 1.98 bits per heavy atom. The van der Waals surface area contributed by atoms with E-state index in [-0.39, 0.29) is 44.0 Å². The fourth-order valence-electron chi connectivity index (χ4n) is 6.58. The van der Waals surface area contributed by atoms with Gasteiger partial charge in [-0.1, -0.05) is 42.5 Å². The van der Waals surface area contributed by atoms with Crippen molar-refractivity contribution >= 4 is 23.7 Å². The quantitative estimate of drug-likeness (QED) is 0.261. The van der Waals surface area contributed by atoms with E-state index in [0.29, 0.717) is 25.8 Å². The van der Waals surface area contributed by atoms with Gasteiger partial charge in [0, 0.05) is 25.6 Å². The van der Waals surface area contributed by atoms with Crippen molar-refractivity contribution in [2.45, 2.75) is 69.4 Å². The normalized spacial score (nSPS) is 26.9. The van der Waals surface area contributed by atoms with E-state index in [2.05, 4.69) is 18.5 Å². The number of amides is 3. The highest BCUT2D eigenvalue weighted by Gasteiger charge is 2.74. The number of β-amino-alcohol motifs (C(OH)–C–C–N with tert-alkyl or cyclic N) is 1. The summed E-state index contributed by atoms with van der Waals surface area (Å²) in [6.45, 7) is 11.0. The lowest BCUT2D eigenvalue weighted by Gasteiger charge is -2.38. The number of fused-ring (bicyclic) bond motifs is 1. The van der Waals surface area contributed by atoms with Crippen LogP contribution in [0.25, 0.3) is 0 Å². The Hall–Kier alpha value is -3.50. The Labute approximate surface area is 241 Å². The predicted octanol–water partition coefficient (Wildman–Crippen LogP) is 2.14. The maximum absolute atomic E-state index is 14.0. The van der Waals surface area contributed by atoms with Gasteiger partial charge >= 0.3 is 5.97 Å². The summed E-state index contributed by atoms with van der Waals surface area (Å²) in [4.78, 5) is 57.0. The van der Waals surface area contributed by atoms with E-state index in [4.69, 9.17) is 9.47 Å². The number of rotatable bonds is 14. The minimum Gasteiger partial charge on any atom is -0.463 e. The Morgan fingerprint density at radius 3 is 2.61 bits per heavy atom. The first-order chi connectivity index (χ1) is 19.7. The van der Waals surface area contributed by atoms with E-state index in [0.717, 1.165) is 5.56 Å². The molecule has 3 heterocycles. The lowest BCUT2D eigenvalue weighted by Crippen LogP contribution is -2.57. The van der Waals surface area contributed by atoms with Crippen LogP contribution in [0, 0.1) is 11.8 Å². The van der Waals surface area contributed by atoms with Crippen molar-refractivity contribution in [2.75, 3.05) is 26.3 Å². The predicted molar refractivity (Wildman–Crippen MR) is 151 cm³/mol. The molecule has 2 bridgehead atoms. The summed E-state index contributed by atoms with van der Waals surface area (Å²) in [6, 6.07) is 7.43. The highest BCUT2D eigenvalue weighted by Crippen LogP contribution is 2.58. The van der Waals surface area contributed by atoms with Crippen LogP contribution in [0.1, 0.15) is 51.1 Å². The van der Waals surface area contributed by atoms with Crippen LogP contribution in [0.3, 0.4) is 0 Å². The fraction of sp³-hybridized carbons (Fsp3) is 0.548. The summed E-state index contributed by atoms with van der Waals surface area (Å²) < 4.78 is 11.9. The molecule has 222 valence electrons. The zero-order valence-electron chi connectivity index (χ0n) is 23.9. The van der Waals surface area contributed by atoms with Gasteiger partial charge in [-0.25, -0.2) is 0 Å². The number of aliphatic hydroxyl groups excluding tert-OH is 1. The first-order valence-electron chi connectivity index (χ1n) is 14.3. The van der Waals surface area contributed by atoms with Gasteiger partial charge in [0.05, 0.1) is 30.6 Å². The third-order valence-electron chi connectivity index (χ3n) is 8.39. The number of carbonyl (C=O) groups is 4. The number of likely N-dealkylation sites (tertiary alicyclic amines) is 1. The van der Waals surface area contributed by atoms with Gasteiger partial charge < -0.3 is 29.7 Å². The molecule has 4 rings (SSSR count). The zero-order valence-corrected chi connectivity index (χ0v) is 23.9. The smallest absolute Gasteiger partial charge is 0.306 e. The van der Waals surface area contributed by atoms with Crippen molar-refractivity contribution < 1.29 is 33.8 Å². The van der Waals surface area contributed by atoms with Crippen LogP contribution < -0.4 is 5.32 Å². The summed E-state index contributed by atoms with van der Waals surface area (Å²) >= 11 is 0. The monoisotopic (exact) mass is 567 g/mol. The van der Waals surface area contributed by atoms with Crippen molar-refractivity contribution in [1.29, 1.82) is 0 Å². The molecule has 0 unspecified atom stereocenters. The molecule has 3 aliphatic rings. The molecule has 0 aromatic heterocycles. The van der Waals surface area contributed by atoms with Crippen LogP contribution in [-0.4, -0.2) is 88.7 Å². The topological polar surface area (TPSA) is 125 Å². The summed E-state index contributed by atoms with van der Waals surface area (Å²) in [5, 5.41) is 12.8. The molecule has 0 radical (unpaired) electrons. The third kappa shape index (κ3) is 5.81. The van der Waals surface area contributed by atoms with Crippen molar-refractivity contribution in [3.63, 3.8) is 0 Å². The molecule has 6 atom stereocenters. The molecule has 10 heteroatoms. The van der Waals surface area contributed by atoms with Gasteiger partial charge in [-0.3, -0.25) is 19.2 Å². The number of hydrogen-bond acceptors (Lipinski definition) is 7. The molecular formula is C31H41N3O7. The number of hydrogen-bond donors (Lipinski definition) is 2. The summed E-state index contributed by atoms with van der Waals surface area (Å²) in [7, 11) is 0. The SMILES string of the molecule is C=CCCC(=O)OC[C@@H](NC(=O)[C@@H]1[C@@H]2CC[C@]3(O2)[C@H](C(=O)N(CC=C)C(C)C)N(CCO)C(=O)[C@@H]13)c1ccccc1. The molecule has 10 nitrogen and oxygen atoms in total. The lowest BCUT2D eigenvalue weighted by atomic mass is 9.70. The van der Waals surface area contributed by atoms with E-state index in [9.17, 15) is 24.3 Å². The third-order valence-corrected chi connectivity index (χ3v) is 8.39. The first-order valence-corrected chi connectivity index (χ1v) is 14.3. The summed E-state index contributed by atoms with van der Waals surface area (Å²) in [6.07, 6.45) is 4.39. The molecule has 3 saturated heterocycles. The molecule has 0 aliphatic carbocycles. The number of benzene rings is 1. The molecule has 1 aromatic carbocycles. The zero-order chi connectivity index (χ0) is 29.7. The maximum atomic E-state index is 14.0. The van der Waals surface area contributed by atoms with E-state index in [1.807, 2.05) is 44.2 Å². The van der Waals surface area contributed by atoms with Crippen molar-refractivity contribution in [3.05, 3.63) is 61.2 Å². The largest absolute Gasteiger partial charge is 0.463 e. The number of esters is 1. The number of allylic oxidation sites excluding steroid dienone is 1. The van der Waals surface area contributed by atoms with E-state index in [1.54, 1.807) is 17.1 Å². The molecule has 3 fully saturated rings. The van der Waals surface area contributed by atoms with Crippen LogP contribution in [0.15, 0.2) is 55.6 Å². The van der Waals surface area contributed by atoms with Crippen molar-refractivity contribution in [1.82, 2.24) is 15.1 Å². The Morgan fingerprint density at radius 1 is 1.24 bits per heavy atom. The van der Waals surface area contributed by atoms with E-state index in [1.165, 1.54) is 4.90 Å². The Balaban J connectivity index is 1.61. The van der Waals surface area contributed by atoms with Crippen LogP contribution in [0.2, 0.25) is 0 Å². The standard InChI is InChI=1S/C31H41N3O7/c1-5-7-13-24(36)40-19-22(21-11-9-8-10-12-21)32-28(37)25-23-14-15-31(41-23)26(25)29(38)34(17-18-35)27(31)30(39)33(16-6-2)20(3)4/h5-6,8-12,20,22-23,25-27,35H,1-2,7,13-19H2,3-4H3,(H,32,37)/t22-,23+,25-,26-,27+,31-/m1/s1. The minimum atomic E-state index is -1.16. The summed E-state index contributed by atoms with van der Waals surface area (Å²) in [5.74, 6) is -3.14. The Kier molecular flexibility index (Phi) is 9.65. The Bertz CT molecular complexity index is 1160. The number of nitrogens with one attached hydrogen (secondary N) is 1. The highest BCUT2D eigenvalue weighted by molar-refractivity contribution is 5.99. The molecular weight excluding hydrogens is 526 g/mol. The minimum absolute atomic E-state index is 0.0385. The molecule has 2 N–H and O–H groups in total. The average Bonchev–Trinajstić information content (AvgIpc) is 3.60. The number of nitrogens with zero attached hydrogens (tertiary/aromatic N) is 2. The number of ether oxygens (including phenoxy) is 2. The molecule has 3 amide bonds. The van der Waals surface area contributed by atoms with Gasteiger partial charge in [0.2, 0.25) is 17.7 Å². The second kappa shape index (κ2) is 13.0. The maximum Gasteiger partial charge on any atom is 0.306 e. The van der Waals surface area contributed by atoms with Crippen molar-refractivity contribution in [3.8, 4) is 0 Å². The molecule has 41 heavy (non-hydrogen) atoms. The molecule has 3 aliphatic heterocycles. The van der Waals surface area contributed by atoms with Gasteiger partial charge in [0.1, 0.15) is 18.2 Å². The number of aliphatic hydroxyl groups is 1. The summed E-state index contributed by atoms with van der Waals surface area (Å²) in [5.41, 5.74) is -0.412. The highest BCUT2D eigenvalue weighted by atomic mass is 16.5. The van der Waals surface area contributed by atoms with Gasteiger partial charge in [-0.15, -0.1) is 13.2 Å². The van der Waals surface area contributed by atoms with Crippen LogP contribution in [0.5, 0.6) is 0 Å². The fourth-order valence-corrected chi connectivity index (χ4v) is 6.58. The van der Waals surface area contributed by atoms with Crippen LogP contribution in [0.4, 0.5) is 0 Å².